The number of amides is 1. The van der Waals surface area contributed by atoms with E-state index in [1.807, 2.05) is 0 Å². The van der Waals surface area contributed by atoms with Gasteiger partial charge in [-0.05, 0) is 25.3 Å². The SMILES string of the molecule is Cl.Cn1cc(NC(=O)C2CCCC(N)C2)ccc1=O. The van der Waals surface area contributed by atoms with Crippen LogP contribution in [0.3, 0.4) is 0 Å². The van der Waals surface area contributed by atoms with Crippen molar-refractivity contribution in [1.82, 2.24) is 4.57 Å². The van der Waals surface area contributed by atoms with Gasteiger partial charge in [-0.1, -0.05) is 6.42 Å². The van der Waals surface area contributed by atoms with Gasteiger partial charge in [0, 0.05) is 31.3 Å². The molecule has 0 bridgehead atoms. The molecule has 0 spiro atoms. The van der Waals surface area contributed by atoms with Crippen molar-refractivity contribution in [3.63, 3.8) is 0 Å². The molecule has 2 rings (SSSR count). The molecule has 106 valence electrons. The van der Waals surface area contributed by atoms with E-state index in [4.69, 9.17) is 5.73 Å². The average molecular weight is 286 g/mol. The molecule has 0 radical (unpaired) electrons. The van der Waals surface area contributed by atoms with Crippen LogP contribution < -0.4 is 16.6 Å². The van der Waals surface area contributed by atoms with Gasteiger partial charge < -0.3 is 15.6 Å². The quantitative estimate of drug-likeness (QED) is 0.859. The number of pyridine rings is 1. The normalized spacial score (nSPS) is 22.4. The predicted molar refractivity (Wildman–Crippen MR) is 77.5 cm³/mol. The molecule has 1 saturated carbocycles. The van der Waals surface area contributed by atoms with Gasteiger partial charge in [0.05, 0.1) is 5.69 Å². The van der Waals surface area contributed by atoms with Gasteiger partial charge in [-0.2, -0.15) is 0 Å². The Hall–Kier alpha value is -1.33. The Morgan fingerprint density at radius 3 is 2.79 bits per heavy atom. The van der Waals surface area contributed by atoms with Crippen LogP contribution in [0, 0.1) is 5.92 Å². The number of rotatable bonds is 2. The lowest BCUT2D eigenvalue weighted by atomic mass is 9.85. The number of carbonyl (C=O) groups is 1. The minimum absolute atomic E-state index is 0. The zero-order valence-electron chi connectivity index (χ0n) is 11.0. The first-order chi connectivity index (χ1) is 8.56. The zero-order chi connectivity index (χ0) is 13.1. The molecular formula is C13H20ClN3O2. The molecule has 1 aliphatic carbocycles. The van der Waals surface area contributed by atoms with Gasteiger partial charge in [-0.3, -0.25) is 9.59 Å². The number of halogens is 1. The molecule has 1 aromatic heterocycles. The Kier molecular flexibility index (Phi) is 5.57. The third-order valence-electron chi connectivity index (χ3n) is 3.44. The molecule has 1 heterocycles. The lowest BCUT2D eigenvalue weighted by Crippen LogP contribution is -2.34. The topological polar surface area (TPSA) is 77.1 Å². The summed E-state index contributed by atoms with van der Waals surface area (Å²) in [6.45, 7) is 0. The molecule has 3 N–H and O–H groups in total. The molecule has 1 fully saturated rings. The van der Waals surface area contributed by atoms with Gasteiger partial charge in [0.2, 0.25) is 11.5 Å². The maximum Gasteiger partial charge on any atom is 0.250 e. The molecule has 19 heavy (non-hydrogen) atoms. The number of nitrogens with one attached hydrogen (secondary N) is 1. The third-order valence-corrected chi connectivity index (χ3v) is 3.44. The van der Waals surface area contributed by atoms with Crippen molar-refractivity contribution in [2.75, 3.05) is 5.32 Å². The molecule has 2 unspecified atom stereocenters. The van der Waals surface area contributed by atoms with Crippen molar-refractivity contribution in [3.05, 3.63) is 28.7 Å². The average Bonchev–Trinajstić information content (AvgIpc) is 2.34. The third kappa shape index (κ3) is 4.08. The number of aromatic nitrogens is 1. The van der Waals surface area contributed by atoms with Gasteiger partial charge in [0.25, 0.3) is 0 Å². The van der Waals surface area contributed by atoms with Crippen molar-refractivity contribution < 1.29 is 4.79 Å². The zero-order valence-corrected chi connectivity index (χ0v) is 11.8. The lowest BCUT2D eigenvalue weighted by molar-refractivity contribution is -0.120. The Bertz CT molecular complexity index is 501. The van der Waals surface area contributed by atoms with Crippen LogP contribution in [0.15, 0.2) is 23.1 Å². The number of carbonyl (C=O) groups excluding carboxylic acids is 1. The Labute approximate surface area is 118 Å². The van der Waals surface area contributed by atoms with Crippen LogP contribution in [0.2, 0.25) is 0 Å². The second kappa shape index (κ2) is 6.73. The van der Waals surface area contributed by atoms with Crippen LogP contribution in [0.5, 0.6) is 0 Å². The van der Waals surface area contributed by atoms with E-state index >= 15 is 0 Å². The van der Waals surface area contributed by atoms with Crippen LogP contribution >= 0.6 is 12.4 Å². The van der Waals surface area contributed by atoms with E-state index in [0.29, 0.717) is 5.69 Å². The summed E-state index contributed by atoms with van der Waals surface area (Å²) in [5.74, 6) is -0.00483. The molecular weight excluding hydrogens is 266 g/mol. The van der Waals surface area contributed by atoms with Gasteiger partial charge in [-0.15, -0.1) is 12.4 Å². The molecule has 1 aromatic rings. The van der Waals surface area contributed by atoms with Gasteiger partial charge in [0.15, 0.2) is 0 Å². The van der Waals surface area contributed by atoms with Gasteiger partial charge >= 0.3 is 0 Å². The predicted octanol–water partition coefficient (Wildman–Crippen LogP) is 1.26. The summed E-state index contributed by atoms with van der Waals surface area (Å²) in [7, 11) is 1.66. The van der Waals surface area contributed by atoms with E-state index in [1.165, 1.54) is 10.6 Å². The van der Waals surface area contributed by atoms with Crippen molar-refractivity contribution in [2.24, 2.45) is 18.7 Å². The Morgan fingerprint density at radius 2 is 2.16 bits per heavy atom. The number of hydrogen-bond acceptors (Lipinski definition) is 3. The van der Waals surface area contributed by atoms with Crippen LogP contribution in [-0.2, 0) is 11.8 Å². The van der Waals surface area contributed by atoms with E-state index in [-0.39, 0.29) is 35.8 Å². The minimum Gasteiger partial charge on any atom is -0.328 e. The van der Waals surface area contributed by atoms with E-state index < -0.39 is 0 Å². The molecule has 1 aliphatic rings. The standard InChI is InChI=1S/C13H19N3O2.ClH/c1-16-8-11(5-6-12(16)17)15-13(18)9-3-2-4-10(14)7-9;/h5-6,8-10H,2-4,7,14H2,1H3,(H,15,18);1H. The Balaban J connectivity index is 0.00000180. The summed E-state index contributed by atoms with van der Waals surface area (Å²) in [5.41, 5.74) is 6.44. The molecule has 0 aromatic carbocycles. The van der Waals surface area contributed by atoms with E-state index in [9.17, 15) is 9.59 Å². The van der Waals surface area contributed by atoms with Crippen molar-refractivity contribution in [3.8, 4) is 0 Å². The molecule has 0 aliphatic heterocycles. The second-order valence-electron chi connectivity index (χ2n) is 4.98. The van der Waals surface area contributed by atoms with Crippen LogP contribution in [0.25, 0.3) is 0 Å². The minimum atomic E-state index is -0.0901. The summed E-state index contributed by atoms with van der Waals surface area (Å²) in [4.78, 5) is 23.3. The number of nitrogens with zero attached hydrogens (tertiary/aromatic N) is 1. The molecule has 2 atom stereocenters. The van der Waals surface area contributed by atoms with E-state index in [2.05, 4.69) is 5.32 Å². The largest absolute Gasteiger partial charge is 0.328 e. The highest BCUT2D eigenvalue weighted by molar-refractivity contribution is 5.92. The highest BCUT2D eigenvalue weighted by Crippen LogP contribution is 2.24. The summed E-state index contributed by atoms with van der Waals surface area (Å²) >= 11 is 0. The molecule has 5 nitrogen and oxygen atoms in total. The number of anilines is 1. The van der Waals surface area contributed by atoms with E-state index in [1.54, 1.807) is 19.3 Å². The van der Waals surface area contributed by atoms with Crippen molar-refractivity contribution >= 4 is 24.0 Å². The summed E-state index contributed by atoms with van der Waals surface area (Å²) in [6.07, 6.45) is 5.28. The molecule has 0 saturated heterocycles. The highest BCUT2D eigenvalue weighted by atomic mass is 35.5. The number of aryl methyl sites for hydroxylation is 1. The fourth-order valence-electron chi connectivity index (χ4n) is 2.38. The molecule has 1 amide bonds. The first-order valence-electron chi connectivity index (χ1n) is 6.29. The van der Waals surface area contributed by atoms with Crippen molar-refractivity contribution in [2.45, 2.75) is 31.7 Å². The van der Waals surface area contributed by atoms with E-state index in [0.717, 1.165) is 25.7 Å². The second-order valence-corrected chi connectivity index (χ2v) is 4.98. The Morgan fingerprint density at radius 1 is 1.42 bits per heavy atom. The monoisotopic (exact) mass is 285 g/mol. The summed E-state index contributed by atoms with van der Waals surface area (Å²) in [5, 5.41) is 2.85. The maximum atomic E-state index is 12.1. The number of hydrogen-bond donors (Lipinski definition) is 2. The fourth-order valence-corrected chi connectivity index (χ4v) is 2.38. The van der Waals surface area contributed by atoms with Crippen molar-refractivity contribution in [1.29, 1.82) is 0 Å². The first kappa shape index (κ1) is 15.7. The summed E-state index contributed by atoms with van der Waals surface area (Å²) < 4.78 is 1.45. The van der Waals surface area contributed by atoms with Gasteiger partial charge in [-0.25, -0.2) is 0 Å². The summed E-state index contributed by atoms with van der Waals surface area (Å²) in [6, 6.07) is 3.21. The number of nitrogens with two attached hydrogens (primary N) is 1. The van der Waals surface area contributed by atoms with Crippen LogP contribution in [0.4, 0.5) is 5.69 Å². The van der Waals surface area contributed by atoms with Crippen LogP contribution in [-0.4, -0.2) is 16.5 Å². The lowest BCUT2D eigenvalue weighted by Gasteiger charge is -2.25. The van der Waals surface area contributed by atoms with Gasteiger partial charge in [0.1, 0.15) is 0 Å². The first-order valence-corrected chi connectivity index (χ1v) is 6.29. The molecule has 6 heteroatoms. The maximum absolute atomic E-state index is 12.1. The smallest absolute Gasteiger partial charge is 0.250 e. The van der Waals surface area contributed by atoms with Crippen LogP contribution in [0.1, 0.15) is 25.7 Å². The fraction of sp³-hybridized carbons (Fsp3) is 0.538. The highest BCUT2D eigenvalue weighted by Gasteiger charge is 2.25.